The van der Waals surface area contributed by atoms with Gasteiger partial charge in [-0.1, -0.05) is 6.42 Å². The highest BCUT2D eigenvalue weighted by molar-refractivity contribution is 5.94. The molecule has 0 spiro atoms. The normalized spacial score (nSPS) is 17.4. The van der Waals surface area contributed by atoms with Gasteiger partial charge in [0.15, 0.2) is 0 Å². The topological polar surface area (TPSA) is 86.0 Å². The van der Waals surface area contributed by atoms with Gasteiger partial charge in [-0.25, -0.2) is 9.59 Å². The van der Waals surface area contributed by atoms with Crippen molar-refractivity contribution in [3.8, 4) is 5.75 Å². The van der Waals surface area contributed by atoms with E-state index < -0.39 is 5.97 Å². The molecule has 2 heterocycles. The highest BCUT2D eigenvalue weighted by Crippen LogP contribution is 2.38. The molecule has 0 aliphatic carbocycles. The van der Waals surface area contributed by atoms with Gasteiger partial charge in [-0.05, 0) is 74.2 Å². The third kappa shape index (κ3) is 4.58. The van der Waals surface area contributed by atoms with Crippen LogP contribution in [0.5, 0.6) is 5.75 Å². The predicted molar refractivity (Wildman–Crippen MR) is 116 cm³/mol. The Morgan fingerprint density at radius 2 is 1.87 bits per heavy atom. The van der Waals surface area contributed by atoms with Crippen LogP contribution in [-0.4, -0.2) is 29.8 Å². The number of aryl methyl sites for hydroxylation is 1. The van der Waals surface area contributed by atoms with Gasteiger partial charge in [0.05, 0.1) is 18.2 Å². The summed E-state index contributed by atoms with van der Waals surface area (Å²) in [6.07, 6.45) is 5.53. The Morgan fingerprint density at radius 3 is 2.65 bits per heavy atom. The SMILES string of the molecule is COC(=O)c1ccc2oc(CCCCCC3(C)Cc4cc(C(=O)O)ccc4O3)cc2c1. The number of unbranched alkanes of at least 4 members (excludes halogenated alkanes) is 2. The number of esters is 1. The summed E-state index contributed by atoms with van der Waals surface area (Å²) < 4.78 is 16.8. The fraction of sp³-hybridized carbons (Fsp3) is 0.360. The molecule has 1 N–H and O–H groups in total. The molecule has 162 valence electrons. The number of methoxy groups -OCH3 is 1. The summed E-state index contributed by atoms with van der Waals surface area (Å²) in [7, 11) is 1.37. The molecule has 31 heavy (non-hydrogen) atoms. The standard InChI is InChI=1S/C25H26O6/c1-25(15-19-12-16(23(26)27)7-10-22(19)31-25)11-5-3-4-6-20-14-18-13-17(24(28)29-2)8-9-21(18)30-20/h7-10,12-14H,3-6,11,15H2,1-2H3,(H,26,27). The highest BCUT2D eigenvalue weighted by Gasteiger charge is 2.34. The van der Waals surface area contributed by atoms with Crippen LogP contribution in [0.25, 0.3) is 11.0 Å². The van der Waals surface area contributed by atoms with E-state index in [-0.39, 0.29) is 11.6 Å². The first-order chi connectivity index (χ1) is 14.9. The van der Waals surface area contributed by atoms with Crippen LogP contribution < -0.4 is 4.74 Å². The number of carbonyl (C=O) groups is 2. The molecule has 1 atom stereocenters. The molecule has 2 aromatic carbocycles. The summed E-state index contributed by atoms with van der Waals surface area (Å²) in [5, 5.41) is 10.1. The Kier molecular flexibility index (Phi) is 5.72. The van der Waals surface area contributed by atoms with Gasteiger partial charge in [0, 0.05) is 18.2 Å². The Morgan fingerprint density at radius 1 is 1.06 bits per heavy atom. The average Bonchev–Trinajstić information content (AvgIpc) is 3.31. The molecule has 1 unspecified atom stereocenters. The smallest absolute Gasteiger partial charge is 0.337 e. The number of rotatable bonds is 8. The third-order valence-electron chi connectivity index (χ3n) is 5.85. The van der Waals surface area contributed by atoms with E-state index in [1.807, 2.05) is 6.07 Å². The zero-order valence-electron chi connectivity index (χ0n) is 17.8. The van der Waals surface area contributed by atoms with Crippen molar-refractivity contribution in [3.05, 3.63) is 64.9 Å². The molecule has 1 aromatic heterocycles. The van der Waals surface area contributed by atoms with E-state index in [4.69, 9.17) is 19.0 Å². The molecule has 1 aliphatic rings. The molecular weight excluding hydrogens is 396 g/mol. The Balaban J connectivity index is 1.26. The number of carboxylic acids is 1. The zero-order chi connectivity index (χ0) is 22.0. The number of ether oxygens (including phenoxy) is 2. The van der Waals surface area contributed by atoms with E-state index in [0.29, 0.717) is 11.1 Å². The van der Waals surface area contributed by atoms with Crippen LogP contribution in [0.4, 0.5) is 0 Å². The molecule has 6 nitrogen and oxygen atoms in total. The first-order valence-electron chi connectivity index (χ1n) is 10.5. The van der Waals surface area contributed by atoms with Crippen molar-refractivity contribution in [2.24, 2.45) is 0 Å². The number of fused-ring (bicyclic) bond motifs is 2. The van der Waals surface area contributed by atoms with Gasteiger partial charge in [-0.3, -0.25) is 0 Å². The largest absolute Gasteiger partial charge is 0.487 e. The van der Waals surface area contributed by atoms with Gasteiger partial charge in [0.1, 0.15) is 22.7 Å². The number of hydrogen-bond donors (Lipinski definition) is 1. The second-order valence-electron chi connectivity index (χ2n) is 8.37. The van der Waals surface area contributed by atoms with Crippen LogP contribution in [-0.2, 0) is 17.6 Å². The van der Waals surface area contributed by atoms with Crippen molar-refractivity contribution in [2.75, 3.05) is 7.11 Å². The maximum Gasteiger partial charge on any atom is 0.337 e. The lowest BCUT2D eigenvalue weighted by molar-refractivity contribution is 0.0600. The molecule has 0 amide bonds. The molecule has 3 aromatic rings. The highest BCUT2D eigenvalue weighted by atomic mass is 16.5. The van der Waals surface area contributed by atoms with E-state index in [9.17, 15) is 9.59 Å². The Hall–Kier alpha value is -3.28. The van der Waals surface area contributed by atoms with Crippen molar-refractivity contribution < 1.29 is 28.6 Å². The second-order valence-corrected chi connectivity index (χ2v) is 8.37. The maximum atomic E-state index is 11.7. The van der Waals surface area contributed by atoms with Crippen LogP contribution in [0.1, 0.15) is 64.6 Å². The van der Waals surface area contributed by atoms with Crippen LogP contribution in [0.3, 0.4) is 0 Å². The molecule has 1 aliphatic heterocycles. The zero-order valence-corrected chi connectivity index (χ0v) is 17.8. The third-order valence-corrected chi connectivity index (χ3v) is 5.85. The summed E-state index contributed by atoms with van der Waals surface area (Å²) >= 11 is 0. The first kappa shape index (κ1) is 21.0. The lowest BCUT2D eigenvalue weighted by Crippen LogP contribution is -2.29. The van der Waals surface area contributed by atoms with Gasteiger partial charge in [0.2, 0.25) is 0 Å². The number of benzene rings is 2. The van der Waals surface area contributed by atoms with Crippen LogP contribution in [0, 0.1) is 0 Å². The lowest BCUT2D eigenvalue weighted by Gasteiger charge is -2.23. The number of carbonyl (C=O) groups excluding carboxylic acids is 1. The summed E-state index contributed by atoms with van der Waals surface area (Å²) in [6.45, 7) is 2.09. The maximum absolute atomic E-state index is 11.7. The van der Waals surface area contributed by atoms with E-state index in [1.165, 1.54) is 7.11 Å². The van der Waals surface area contributed by atoms with Gasteiger partial charge in [-0.15, -0.1) is 0 Å². The number of hydrogen-bond acceptors (Lipinski definition) is 5. The lowest BCUT2D eigenvalue weighted by atomic mass is 9.92. The Bertz CT molecular complexity index is 1130. The quantitative estimate of drug-likeness (QED) is 0.386. The minimum absolute atomic E-state index is 0.289. The van der Waals surface area contributed by atoms with E-state index in [2.05, 4.69) is 6.92 Å². The number of furan rings is 1. The summed E-state index contributed by atoms with van der Waals surface area (Å²) in [5.41, 5.74) is 2.27. The minimum atomic E-state index is -0.913. The Labute approximate surface area is 180 Å². The summed E-state index contributed by atoms with van der Waals surface area (Å²) in [4.78, 5) is 22.8. The molecule has 0 radical (unpaired) electrons. The van der Waals surface area contributed by atoms with Gasteiger partial charge in [0.25, 0.3) is 0 Å². The minimum Gasteiger partial charge on any atom is -0.487 e. The van der Waals surface area contributed by atoms with Crippen LogP contribution in [0.15, 0.2) is 46.9 Å². The van der Waals surface area contributed by atoms with E-state index in [1.54, 1.807) is 36.4 Å². The van der Waals surface area contributed by atoms with Crippen LogP contribution in [0.2, 0.25) is 0 Å². The summed E-state index contributed by atoms with van der Waals surface area (Å²) in [5.74, 6) is 0.437. The summed E-state index contributed by atoms with van der Waals surface area (Å²) in [6, 6.07) is 12.4. The molecule has 6 heteroatoms. The van der Waals surface area contributed by atoms with Crippen molar-refractivity contribution in [2.45, 2.75) is 51.0 Å². The predicted octanol–water partition coefficient (Wildman–Crippen LogP) is 5.41. The van der Waals surface area contributed by atoms with Crippen molar-refractivity contribution in [3.63, 3.8) is 0 Å². The van der Waals surface area contributed by atoms with E-state index in [0.717, 1.165) is 66.6 Å². The fourth-order valence-electron chi connectivity index (χ4n) is 4.24. The molecule has 0 saturated carbocycles. The first-order valence-corrected chi connectivity index (χ1v) is 10.5. The fourth-order valence-corrected chi connectivity index (χ4v) is 4.24. The second kappa shape index (κ2) is 8.46. The molecule has 4 rings (SSSR count). The van der Waals surface area contributed by atoms with Gasteiger partial charge < -0.3 is 19.0 Å². The van der Waals surface area contributed by atoms with Crippen molar-refractivity contribution >= 4 is 22.9 Å². The van der Waals surface area contributed by atoms with Crippen molar-refractivity contribution in [1.82, 2.24) is 0 Å². The van der Waals surface area contributed by atoms with E-state index >= 15 is 0 Å². The molecule has 0 fully saturated rings. The number of aromatic carboxylic acids is 1. The van der Waals surface area contributed by atoms with Crippen molar-refractivity contribution in [1.29, 1.82) is 0 Å². The monoisotopic (exact) mass is 422 g/mol. The average molecular weight is 422 g/mol. The van der Waals surface area contributed by atoms with Crippen LogP contribution >= 0.6 is 0 Å². The van der Waals surface area contributed by atoms with Gasteiger partial charge in [-0.2, -0.15) is 0 Å². The molecule has 0 saturated heterocycles. The molecular formula is C25H26O6. The number of carboxylic acid groups (broad SMARTS) is 1. The van der Waals surface area contributed by atoms with Gasteiger partial charge >= 0.3 is 11.9 Å². The molecule has 0 bridgehead atoms.